The molecule has 86 valence electrons. The van der Waals surface area contributed by atoms with Crippen LogP contribution in [0, 0.1) is 0 Å². The molecule has 2 atom stereocenters. The highest BCUT2D eigenvalue weighted by Crippen LogP contribution is 2.26. The Bertz CT molecular complexity index is 366. The Balaban J connectivity index is 2.15. The molecular weight excluding hydrogens is 202 g/mol. The zero-order valence-corrected chi connectivity index (χ0v) is 9.39. The second-order valence-corrected chi connectivity index (χ2v) is 4.35. The minimum atomic E-state index is -0.443. The van der Waals surface area contributed by atoms with Crippen LogP contribution in [0.15, 0.2) is 30.3 Å². The Morgan fingerprint density at radius 1 is 1.38 bits per heavy atom. The molecule has 0 aliphatic carbocycles. The monoisotopic (exact) mass is 219 g/mol. The van der Waals surface area contributed by atoms with Gasteiger partial charge in [-0.1, -0.05) is 30.3 Å². The Kier molecular flexibility index (Phi) is 3.10. The van der Waals surface area contributed by atoms with Gasteiger partial charge in [-0.05, 0) is 12.6 Å². The van der Waals surface area contributed by atoms with E-state index in [0.717, 1.165) is 13.1 Å². The van der Waals surface area contributed by atoms with Gasteiger partial charge in [0.2, 0.25) is 0 Å². The van der Waals surface area contributed by atoms with Crippen LogP contribution in [0.1, 0.15) is 11.5 Å². The number of primary amides is 1. The van der Waals surface area contributed by atoms with Gasteiger partial charge < -0.3 is 16.0 Å². The lowest BCUT2D eigenvalue weighted by Crippen LogP contribution is -2.42. The number of carbonyl (C=O) groups excluding carboxylic acids is 1. The number of hydrogen-bond donors (Lipinski definition) is 2. The van der Waals surface area contributed by atoms with Gasteiger partial charge in [-0.3, -0.25) is 0 Å². The fourth-order valence-electron chi connectivity index (χ4n) is 2.37. The van der Waals surface area contributed by atoms with Gasteiger partial charge in [-0.15, -0.1) is 0 Å². The van der Waals surface area contributed by atoms with Crippen LogP contribution in [0.4, 0.5) is 4.79 Å². The highest BCUT2D eigenvalue weighted by Gasteiger charge is 2.32. The number of urea groups is 1. The topological polar surface area (TPSA) is 58.4 Å². The van der Waals surface area contributed by atoms with E-state index in [4.69, 9.17) is 5.73 Å². The molecule has 1 aliphatic heterocycles. The fraction of sp³-hybridized carbons (Fsp3) is 0.417. The normalized spacial score (nSPS) is 25.6. The number of benzene rings is 1. The first kappa shape index (κ1) is 11.0. The summed E-state index contributed by atoms with van der Waals surface area (Å²) in [6.45, 7) is 1.80. The third-order valence-electron chi connectivity index (χ3n) is 3.06. The second kappa shape index (κ2) is 4.53. The van der Waals surface area contributed by atoms with Crippen molar-refractivity contribution in [2.75, 3.05) is 20.1 Å². The van der Waals surface area contributed by atoms with Crippen molar-refractivity contribution in [2.24, 2.45) is 5.73 Å². The van der Waals surface area contributed by atoms with E-state index in [0.29, 0.717) is 5.92 Å². The molecule has 0 spiro atoms. The largest absolute Gasteiger partial charge is 0.352 e. The summed E-state index contributed by atoms with van der Waals surface area (Å²) in [6, 6.07) is 9.91. The molecule has 1 saturated heterocycles. The van der Waals surface area contributed by atoms with Crippen molar-refractivity contribution < 1.29 is 4.79 Å². The van der Waals surface area contributed by atoms with Crippen molar-refractivity contribution in [2.45, 2.75) is 12.0 Å². The summed E-state index contributed by atoms with van der Waals surface area (Å²) in [5, 5.41) is 2.82. The van der Waals surface area contributed by atoms with Gasteiger partial charge in [0.15, 0.2) is 0 Å². The third kappa shape index (κ3) is 2.33. The molecule has 0 saturated carbocycles. The summed E-state index contributed by atoms with van der Waals surface area (Å²) < 4.78 is 0. The van der Waals surface area contributed by atoms with Crippen LogP contribution in [-0.4, -0.2) is 37.1 Å². The first-order valence-electron chi connectivity index (χ1n) is 5.46. The first-order chi connectivity index (χ1) is 7.66. The standard InChI is InChI=1S/C12H17N3O/c1-15-7-10(9-5-3-2-4-6-9)11(8-15)14-12(13)16/h2-6,10-11H,7-8H2,1H3,(H3,13,14,16). The number of likely N-dealkylation sites (tertiary alicyclic amines) is 1. The summed E-state index contributed by atoms with van der Waals surface area (Å²) in [5.41, 5.74) is 6.44. The van der Waals surface area contributed by atoms with Crippen LogP contribution in [0.3, 0.4) is 0 Å². The summed E-state index contributed by atoms with van der Waals surface area (Å²) in [7, 11) is 2.05. The number of likely N-dealkylation sites (N-methyl/N-ethyl adjacent to an activating group) is 1. The minimum Gasteiger partial charge on any atom is -0.352 e. The number of nitrogens with two attached hydrogens (primary N) is 1. The Hall–Kier alpha value is -1.55. The second-order valence-electron chi connectivity index (χ2n) is 4.35. The molecule has 2 unspecified atom stereocenters. The lowest BCUT2D eigenvalue weighted by Gasteiger charge is -2.18. The van der Waals surface area contributed by atoms with Crippen LogP contribution in [-0.2, 0) is 0 Å². The summed E-state index contributed by atoms with van der Waals surface area (Å²) in [4.78, 5) is 13.1. The molecule has 0 bridgehead atoms. The molecule has 2 amide bonds. The average molecular weight is 219 g/mol. The molecule has 4 nitrogen and oxygen atoms in total. The van der Waals surface area contributed by atoms with E-state index in [2.05, 4.69) is 29.4 Å². The van der Waals surface area contributed by atoms with E-state index in [1.54, 1.807) is 0 Å². The van der Waals surface area contributed by atoms with Crippen LogP contribution >= 0.6 is 0 Å². The van der Waals surface area contributed by atoms with E-state index < -0.39 is 6.03 Å². The van der Waals surface area contributed by atoms with Gasteiger partial charge in [-0.25, -0.2) is 4.79 Å². The summed E-state index contributed by atoms with van der Waals surface area (Å²) >= 11 is 0. The molecule has 1 fully saturated rings. The number of nitrogens with one attached hydrogen (secondary N) is 1. The maximum Gasteiger partial charge on any atom is 0.312 e. The maximum absolute atomic E-state index is 10.9. The molecule has 2 rings (SSSR count). The molecule has 3 N–H and O–H groups in total. The molecule has 0 aromatic heterocycles. The average Bonchev–Trinajstić information content (AvgIpc) is 2.60. The van der Waals surface area contributed by atoms with Crippen molar-refractivity contribution in [3.63, 3.8) is 0 Å². The minimum absolute atomic E-state index is 0.116. The van der Waals surface area contributed by atoms with Crippen LogP contribution in [0.5, 0.6) is 0 Å². The van der Waals surface area contributed by atoms with E-state index in [1.165, 1.54) is 5.56 Å². The molecule has 0 radical (unpaired) electrons. The number of hydrogen-bond acceptors (Lipinski definition) is 2. The van der Waals surface area contributed by atoms with Gasteiger partial charge in [0, 0.05) is 19.0 Å². The van der Waals surface area contributed by atoms with Crippen molar-refractivity contribution in [3.05, 3.63) is 35.9 Å². The van der Waals surface area contributed by atoms with Gasteiger partial charge in [0.05, 0.1) is 6.04 Å². The molecule has 1 aliphatic rings. The van der Waals surface area contributed by atoms with Gasteiger partial charge in [0.1, 0.15) is 0 Å². The van der Waals surface area contributed by atoms with Crippen molar-refractivity contribution >= 4 is 6.03 Å². The van der Waals surface area contributed by atoms with Crippen LogP contribution < -0.4 is 11.1 Å². The van der Waals surface area contributed by atoms with E-state index in [-0.39, 0.29) is 6.04 Å². The van der Waals surface area contributed by atoms with Crippen molar-refractivity contribution in [1.82, 2.24) is 10.2 Å². The predicted molar refractivity (Wildman–Crippen MR) is 63.2 cm³/mol. The lowest BCUT2D eigenvalue weighted by atomic mass is 9.94. The molecular formula is C12H17N3O. The highest BCUT2D eigenvalue weighted by molar-refractivity contribution is 5.72. The fourth-order valence-corrected chi connectivity index (χ4v) is 2.37. The Morgan fingerprint density at radius 2 is 2.06 bits per heavy atom. The van der Waals surface area contributed by atoms with E-state index >= 15 is 0 Å². The van der Waals surface area contributed by atoms with Gasteiger partial charge in [0.25, 0.3) is 0 Å². The summed E-state index contributed by atoms with van der Waals surface area (Å²) in [6.07, 6.45) is 0. The first-order valence-corrected chi connectivity index (χ1v) is 5.46. The third-order valence-corrected chi connectivity index (χ3v) is 3.06. The Morgan fingerprint density at radius 3 is 2.69 bits per heavy atom. The van der Waals surface area contributed by atoms with Crippen molar-refractivity contribution in [3.8, 4) is 0 Å². The quantitative estimate of drug-likeness (QED) is 0.771. The molecule has 1 aromatic carbocycles. The smallest absolute Gasteiger partial charge is 0.312 e. The maximum atomic E-state index is 10.9. The van der Waals surface area contributed by atoms with Crippen molar-refractivity contribution in [1.29, 1.82) is 0 Å². The molecule has 4 heteroatoms. The van der Waals surface area contributed by atoms with Crippen LogP contribution in [0.25, 0.3) is 0 Å². The molecule has 16 heavy (non-hydrogen) atoms. The number of carbonyl (C=O) groups is 1. The van der Waals surface area contributed by atoms with Gasteiger partial charge >= 0.3 is 6.03 Å². The van der Waals surface area contributed by atoms with Crippen LogP contribution in [0.2, 0.25) is 0 Å². The number of rotatable bonds is 2. The zero-order chi connectivity index (χ0) is 11.5. The molecule has 1 heterocycles. The number of amides is 2. The molecule has 1 aromatic rings. The lowest BCUT2D eigenvalue weighted by molar-refractivity contribution is 0.244. The Labute approximate surface area is 95.4 Å². The zero-order valence-electron chi connectivity index (χ0n) is 9.39. The van der Waals surface area contributed by atoms with E-state index in [9.17, 15) is 4.79 Å². The summed E-state index contributed by atoms with van der Waals surface area (Å²) in [5.74, 6) is 0.332. The number of nitrogens with zero attached hydrogens (tertiary/aromatic N) is 1. The van der Waals surface area contributed by atoms with Gasteiger partial charge in [-0.2, -0.15) is 0 Å². The highest BCUT2D eigenvalue weighted by atomic mass is 16.2. The van der Waals surface area contributed by atoms with E-state index in [1.807, 2.05) is 18.2 Å². The SMILES string of the molecule is CN1CC(NC(N)=O)C(c2ccccc2)C1. The predicted octanol–water partition coefficient (Wildman–Crippen LogP) is 0.752.